The molecule has 0 aliphatic rings. The molecule has 17 heavy (non-hydrogen) atoms. The summed E-state index contributed by atoms with van der Waals surface area (Å²) in [5.74, 6) is 1.54. The quantitative estimate of drug-likeness (QED) is 0.907. The highest BCUT2D eigenvalue weighted by atomic mass is 35.5. The minimum atomic E-state index is 0.426. The third-order valence-electron chi connectivity index (χ3n) is 2.33. The van der Waals surface area contributed by atoms with Gasteiger partial charge in [-0.3, -0.25) is 0 Å². The number of nitrogens with zero attached hydrogens (tertiary/aromatic N) is 2. The second-order valence-electron chi connectivity index (χ2n) is 3.39. The highest BCUT2D eigenvalue weighted by Crippen LogP contribution is 2.20. The number of aromatic nitrogens is 2. The van der Waals surface area contributed by atoms with Crippen LogP contribution in [0.4, 0.5) is 5.82 Å². The first-order valence-corrected chi connectivity index (χ1v) is 6.26. The van der Waals surface area contributed by atoms with Gasteiger partial charge in [0.05, 0.1) is 18.8 Å². The summed E-state index contributed by atoms with van der Waals surface area (Å²) in [7, 11) is 1.67. The lowest BCUT2D eigenvalue weighted by molar-refractivity contribution is 0.410. The van der Waals surface area contributed by atoms with Gasteiger partial charge in [-0.05, 0) is 18.1 Å². The van der Waals surface area contributed by atoms with Crippen LogP contribution >= 0.6 is 23.3 Å². The van der Waals surface area contributed by atoms with Gasteiger partial charge in [0.15, 0.2) is 11.0 Å². The van der Waals surface area contributed by atoms with Gasteiger partial charge in [-0.25, -0.2) is 0 Å². The minimum absolute atomic E-state index is 0.426. The first-order chi connectivity index (χ1) is 8.31. The van der Waals surface area contributed by atoms with Crippen LogP contribution in [0.3, 0.4) is 0 Å². The van der Waals surface area contributed by atoms with E-state index in [1.165, 1.54) is 0 Å². The van der Waals surface area contributed by atoms with Crippen LogP contribution in [0, 0.1) is 0 Å². The van der Waals surface area contributed by atoms with Crippen LogP contribution in [0.15, 0.2) is 24.3 Å². The van der Waals surface area contributed by atoms with E-state index in [2.05, 4.69) is 14.1 Å². The lowest BCUT2D eigenvalue weighted by Gasteiger charge is -2.08. The van der Waals surface area contributed by atoms with Gasteiger partial charge in [0, 0.05) is 6.54 Å². The third-order valence-corrected chi connectivity index (χ3v) is 3.22. The molecule has 0 aliphatic carbocycles. The Morgan fingerprint density at radius 3 is 2.88 bits per heavy atom. The summed E-state index contributed by atoms with van der Waals surface area (Å²) < 4.78 is 13.2. The predicted molar refractivity (Wildman–Crippen MR) is 70.1 cm³/mol. The van der Waals surface area contributed by atoms with Crippen molar-refractivity contribution < 1.29 is 4.74 Å². The molecule has 0 saturated heterocycles. The number of hydrogen-bond donors (Lipinski definition) is 1. The molecule has 1 N–H and O–H groups in total. The van der Waals surface area contributed by atoms with Gasteiger partial charge in [0.2, 0.25) is 0 Å². The van der Waals surface area contributed by atoms with Crippen LogP contribution in [0.25, 0.3) is 0 Å². The molecular weight excluding hydrogens is 258 g/mol. The molecule has 1 aromatic carbocycles. The lowest BCUT2D eigenvalue weighted by atomic mass is 10.1. The molecule has 0 saturated carbocycles. The minimum Gasteiger partial charge on any atom is -0.496 e. The summed E-state index contributed by atoms with van der Waals surface area (Å²) in [6, 6.07) is 7.94. The number of hydrogen-bond acceptors (Lipinski definition) is 5. The SMILES string of the molecule is COc1ccccc1CCNc1nsnc1Cl. The van der Waals surface area contributed by atoms with E-state index in [1.807, 2.05) is 24.3 Å². The molecule has 0 unspecified atom stereocenters. The normalized spacial score (nSPS) is 10.2. The number of nitrogens with one attached hydrogen (secondary N) is 1. The molecule has 0 radical (unpaired) electrons. The first kappa shape index (κ1) is 12.1. The highest BCUT2D eigenvalue weighted by Gasteiger charge is 2.05. The molecule has 90 valence electrons. The molecule has 0 bridgehead atoms. The van der Waals surface area contributed by atoms with Gasteiger partial charge in [-0.1, -0.05) is 29.8 Å². The largest absolute Gasteiger partial charge is 0.496 e. The van der Waals surface area contributed by atoms with Gasteiger partial charge in [0.1, 0.15) is 5.75 Å². The number of halogens is 1. The van der Waals surface area contributed by atoms with E-state index >= 15 is 0 Å². The number of anilines is 1. The summed E-state index contributed by atoms with van der Waals surface area (Å²) in [6.07, 6.45) is 0.845. The standard InChI is InChI=1S/C11H12ClN3OS/c1-16-9-5-3-2-4-8(9)6-7-13-11-10(12)14-17-15-11/h2-5H,6-7H2,1H3,(H,13,15). The van der Waals surface area contributed by atoms with Gasteiger partial charge in [0.25, 0.3) is 0 Å². The van der Waals surface area contributed by atoms with Crippen molar-refractivity contribution in [3.05, 3.63) is 35.0 Å². The summed E-state index contributed by atoms with van der Waals surface area (Å²) >= 11 is 6.93. The summed E-state index contributed by atoms with van der Waals surface area (Å²) in [6.45, 7) is 0.742. The number of rotatable bonds is 5. The van der Waals surface area contributed by atoms with Gasteiger partial charge < -0.3 is 10.1 Å². The Labute approximate surface area is 109 Å². The number of methoxy groups -OCH3 is 1. The molecule has 2 rings (SSSR count). The van der Waals surface area contributed by atoms with Crippen molar-refractivity contribution in [1.29, 1.82) is 0 Å². The van der Waals surface area contributed by atoms with Crippen molar-refractivity contribution in [2.45, 2.75) is 6.42 Å². The first-order valence-electron chi connectivity index (χ1n) is 5.15. The Bertz CT molecular complexity index is 489. The Hall–Kier alpha value is -1.33. The summed E-state index contributed by atoms with van der Waals surface area (Å²) in [4.78, 5) is 0. The summed E-state index contributed by atoms with van der Waals surface area (Å²) in [5.41, 5.74) is 1.15. The zero-order valence-corrected chi connectivity index (χ0v) is 10.9. The molecule has 6 heteroatoms. The van der Waals surface area contributed by atoms with Crippen molar-refractivity contribution in [3.8, 4) is 5.75 Å². The van der Waals surface area contributed by atoms with E-state index < -0.39 is 0 Å². The van der Waals surface area contributed by atoms with Gasteiger partial charge >= 0.3 is 0 Å². The average molecular weight is 270 g/mol. The molecule has 0 amide bonds. The maximum atomic E-state index is 5.83. The van der Waals surface area contributed by atoms with Crippen LogP contribution in [0.5, 0.6) is 5.75 Å². The Morgan fingerprint density at radius 2 is 2.18 bits per heavy atom. The zero-order chi connectivity index (χ0) is 12.1. The fourth-order valence-corrected chi connectivity index (χ4v) is 2.19. The van der Waals surface area contributed by atoms with E-state index in [-0.39, 0.29) is 0 Å². The number of para-hydroxylation sites is 1. The van der Waals surface area contributed by atoms with Crippen LogP contribution < -0.4 is 10.1 Å². The van der Waals surface area contributed by atoms with Crippen LogP contribution in [0.2, 0.25) is 5.15 Å². The van der Waals surface area contributed by atoms with E-state index in [0.29, 0.717) is 11.0 Å². The smallest absolute Gasteiger partial charge is 0.186 e. The Morgan fingerprint density at radius 1 is 1.35 bits per heavy atom. The van der Waals surface area contributed by atoms with E-state index in [9.17, 15) is 0 Å². The van der Waals surface area contributed by atoms with E-state index in [1.54, 1.807) is 7.11 Å². The van der Waals surface area contributed by atoms with Gasteiger partial charge in [-0.15, -0.1) is 0 Å². The second-order valence-corrected chi connectivity index (χ2v) is 4.28. The molecule has 0 spiro atoms. The zero-order valence-electron chi connectivity index (χ0n) is 9.31. The molecule has 1 aromatic heterocycles. The van der Waals surface area contributed by atoms with Crippen LogP contribution in [-0.4, -0.2) is 22.4 Å². The Balaban J connectivity index is 1.92. The van der Waals surface area contributed by atoms with Crippen molar-refractivity contribution in [2.75, 3.05) is 19.0 Å². The maximum Gasteiger partial charge on any atom is 0.186 e. The van der Waals surface area contributed by atoms with Crippen molar-refractivity contribution in [3.63, 3.8) is 0 Å². The summed E-state index contributed by atoms with van der Waals surface area (Å²) in [5, 5.41) is 3.57. The third kappa shape index (κ3) is 3.08. The van der Waals surface area contributed by atoms with Crippen LogP contribution in [-0.2, 0) is 6.42 Å². The van der Waals surface area contributed by atoms with E-state index in [0.717, 1.165) is 36.0 Å². The number of benzene rings is 1. The second kappa shape index (κ2) is 5.84. The Kier molecular flexibility index (Phi) is 4.17. The van der Waals surface area contributed by atoms with Crippen molar-refractivity contribution >= 4 is 29.1 Å². The predicted octanol–water partition coefficient (Wildman–Crippen LogP) is 2.85. The molecule has 2 aromatic rings. The molecule has 4 nitrogen and oxygen atoms in total. The molecule has 0 atom stereocenters. The maximum absolute atomic E-state index is 5.83. The number of ether oxygens (including phenoxy) is 1. The monoisotopic (exact) mass is 269 g/mol. The van der Waals surface area contributed by atoms with Crippen molar-refractivity contribution in [1.82, 2.24) is 8.75 Å². The fraction of sp³-hybridized carbons (Fsp3) is 0.273. The van der Waals surface area contributed by atoms with Crippen molar-refractivity contribution in [2.24, 2.45) is 0 Å². The molecular formula is C11H12ClN3OS. The molecule has 1 heterocycles. The molecule has 0 fully saturated rings. The van der Waals surface area contributed by atoms with E-state index in [4.69, 9.17) is 16.3 Å². The fourth-order valence-electron chi connectivity index (χ4n) is 1.51. The lowest BCUT2D eigenvalue weighted by Crippen LogP contribution is -2.06. The molecule has 0 aliphatic heterocycles. The van der Waals surface area contributed by atoms with Gasteiger partial charge in [-0.2, -0.15) is 8.75 Å². The highest BCUT2D eigenvalue weighted by molar-refractivity contribution is 6.99. The van der Waals surface area contributed by atoms with Crippen LogP contribution in [0.1, 0.15) is 5.56 Å². The average Bonchev–Trinajstić information content (AvgIpc) is 2.76. The topological polar surface area (TPSA) is 47.0 Å².